The molecule has 1 heterocycles. The Balaban J connectivity index is 1.62. The molecule has 0 amide bonds. The first-order valence-corrected chi connectivity index (χ1v) is 11.0. The summed E-state index contributed by atoms with van der Waals surface area (Å²) in [5.74, 6) is 1.10. The van der Waals surface area contributed by atoms with Crippen molar-refractivity contribution in [2.45, 2.75) is 26.2 Å². The number of fused-ring (bicyclic) bond motifs is 1. The van der Waals surface area contributed by atoms with Gasteiger partial charge in [-0.25, -0.2) is 0 Å². The number of likely N-dealkylation sites (N-methyl/N-ethyl adjacent to an activating group) is 2. The maximum Gasteiger partial charge on any atom is 0.289 e. The lowest BCUT2D eigenvalue weighted by Gasteiger charge is -2.31. The summed E-state index contributed by atoms with van der Waals surface area (Å²) in [5, 5.41) is 0. The predicted molar refractivity (Wildman–Crippen MR) is 124 cm³/mol. The van der Waals surface area contributed by atoms with Gasteiger partial charge in [-0.3, -0.25) is 4.90 Å². The Bertz CT molecular complexity index is 954. The Labute approximate surface area is 181 Å². The lowest BCUT2D eigenvalue weighted by molar-refractivity contribution is 0.170. The van der Waals surface area contributed by atoms with Gasteiger partial charge in [0, 0.05) is 13.6 Å². The molecule has 1 unspecified atom stereocenters. The van der Waals surface area contributed by atoms with Gasteiger partial charge in [-0.15, -0.1) is 0 Å². The average molecular weight is 400 g/mol. The maximum absolute atomic E-state index is 6.11. The summed E-state index contributed by atoms with van der Waals surface area (Å²) in [6.07, 6.45) is 8.84. The number of hydrogen-bond acceptors (Lipinski definition) is 3. The Hall–Kier alpha value is -2.87. The molecule has 0 N–H and O–H groups in total. The van der Waals surface area contributed by atoms with Gasteiger partial charge in [0.15, 0.2) is 11.3 Å². The van der Waals surface area contributed by atoms with Crippen LogP contribution in [0.1, 0.15) is 30.9 Å². The summed E-state index contributed by atoms with van der Waals surface area (Å²) < 4.78 is 6.11. The molecule has 1 aliphatic carbocycles. The van der Waals surface area contributed by atoms with Crippen molar-refractivity contribution in [3.8, 4) is 0 Å². The van der Waals surface area contributed by atoms with Crippen molar-refractivity contribution in [1.82, 2.24) is 4.90 Å². The summed E-state index contributed by atoms with van der Waals surface area (Å²) in [6.45, 7) is 8.11. The van der Waals surface area contributed by atoms with E-state index in [2.05, 4.69) is 104 Å². The van der Waals surface area contributed by atoms with Crippen LogP contribution in [-0.2, 0) is 11.2 Å². The SMILES string of the molecule is CCN(CC)CCOC1=[C+]C2=C(C=C1)N(C)c1ccccc1C2Cc1ccccc1. The molecule has 154 valence electrons. The van der Waals surface area contributed by atoms with Crippen LogP contribution in [0.2, 0.25) is 0 Å². The monoisotopic (exact) mass is 399 g/mol. The summed E-state index contributed by atoms with van der Waals surface area (Å²) in [4.78, 5) is 4.66. The van der Waals surface area contributed by atoms with Crippen molar-refractivity contribution in [2.24, 2.45) is 0 Å². The zero-order chi connectivity index (χ0) is 20.9. The smallest absolute Gasteiger partial charge is 0.289 e. The highest BCUT2D eigenvalue weighted by atomic mass is 16.5. The molecule has 0 aromatic heterocycles. The number of hydrogen-bond donors (Lipinski definition) is 0. The molecule has 1 aliphatic heterocycles. The van der Waals surface area contributed by atoms with E-state index < -0.39 is 0 Å². The van der Waals surface area contributed by atoms with E-state index in [1.54, 1.807) is 0 Å². The lowest BCUT2D eigenvalue weighted by atomic mass is 9.79. The Morgan fingerprint density at radius 2 is 1.70 bits per heavy atom. The highest BCUT2D eigenvalue weighted by molar-refractivity contribution is 5.69. The lowest BCUT2D eigenvalue weighted by Crippen LogP contribution is -2.28. The van der Waals surface area contributed by atoms with Gasteiger partial charge in [0.2, 0.25) is 0 Å². The number of nitrogens with zero attached hydrogens (tertiary/aromatic N) is 2. The van der Waals surface area contributed by atoms with Crippen LogP contribution in [0.25, 0.3) is 0 Å². The molecule has 2 aromatic carbocycles. The van der Waals surface area contributed by atoms with Crippen LogP contribution in [0.15, 0.2) is 83.8 Å². The molecule has 30 heavy (non-hydrogen) atoms. The van der Waals surface area contributed by atoms with E-state index in [1.165, 1.54) is 28.1 Å². The molecule has 3 heteroatoms. The van der Waals surface area contributed by atoms with Crippen LogP contribution in [0.3, 0.4) is 0 Å². The molecule has 1 atom stereocenters. The molecular formula is C27H31N2O+. The molecule has 0 radical (unpaired) electrons. The van der Waals surface area contributed by atoms with Crippen molar-refractivity contribution >= 4 is 5.69 Å². The van der Waals surface area contributed by atoms with Crippen molar-refractivity contribution in [3.63, 3.8) is 0 Å². The molecular weight excluding hydrogens is 368 g/mol. The van der Waals surface area contributed by atoms with Crippen molar-refractivity contribution in [2.75, 3.05) is 38.2 Å². The molecule has 2 aliphatic rings. The second kappa shape index (κ2) is 9.30. The van der Waals surface area contributed by atoms with Gasteiger partial charge in [0.25, 0.3) is 5.76 Å². The van der Waals surface area contributed by atoms with Gasteiger partial charge in [0.1, 0.15) is 6.61 Å². The number of allylic oxidation sites excluding steroid dienone is 4. The Morgan fingerprint density at radius 1 is 0.967 bits per heavy atom. The van der Waals surface area contributed by atoms with E-state index in [-0.39, 0.29) is 5.92 Å². The number of anilines is 1. The van der Waals surface area contributed by atoms with E-state index in [1.807, 2.05) is 0 Å². The van der Waals surface area contributed by atoms with Crippen molar-refractivity contribution < 1.29 is 4.74 Å². The highest BCUT2D eigenvalue weighted by Crippen LogP contribution is 2.44. The fraction of sp³-hybridized carbons (Fsp3) is 0.333. The van der Waals surface area contributed by atoms with Crippen LogP contribution in [0, 0.1) is 6.08 Å². The van der Waals surface area contributed by atoms with Gasteiger partial charge < -0.3 is 9.64 Å². The third-order valence-electron chi connectivity index (χ3n) is 6.15. The van der Waals surface area contributed by atoms with Gasteiger partial charge in [-0.1, -0.05) is 62.4 Å². The average Bonchev–Trinajstić information content (AvgIpc) is 2.80. The molecule has 2 aromatic rings. The van der Waals surface area contributed by atoms with Gasteiger partial charge >= 0.3 is 0 Å². The van der Waals surface area contributed by atoms with E-state index in [9.17, 15) is 0 Å². The van der Waals surface area contributed by atoms with E-state index in [0.717, 1.165) is 31.8 Å². The van der Waals surface area contributed by atoms with Crippen LogP contribution < -0.4 is 4.90 Å². The van der Waals surface area contributed by atoms with E-state index >= 15 is 0 Å². The molecule has 4 rings (SSSR count). The van der Waals surface area contributed by atoms with E-state index in [0.29, 0.717) is 6.61 Å². The van der Waals surface area contributed by atoms with Crippen LogP contribution >= 0.6 is 0 Å². The molecule has 0 saturated carbocycles. The standard InChI is InChI=1S/C27H31N2O/c1-4-29(5-2)17-18-30-22-15-16-27-25(20-22)24(19-21-11-7-6-8-12-21)23-13-9-10-14-26(23)28(27)3/h6-16,24H,4-5,17-19H2,1-3H3/q+1. The zero-order valence-electron chi connectivity index (χ0n) is 18.3. The fourth-order valence-electron chi connectivity index (χ4n) is 4.38. The normalized spacial score (nSPS) is 17.4. The summed E-state index contributed by atoms with van der Waals surface area (Å²) in [6, 6.07) is 19.5. The van der Waals surface area contributed by atoms with Crippen LogP contribution in [0.4, 0.5) is 5.69 Å². The minimum Gasteiger partial charge on any atom is -0.464 e. The quantitative estimate of drug-likeness (QED) is 0.558. The zero-order valence-corrected chi connectivity index (χ0v) is 18.3. The second-order valence-electron chi connectivity index (χ2n) is 7.86. The summed E-state index contributed by atoms with van der Waals surface area (Å²) >= 11 is 0. The van der Waals surface area contributed by atoms with Crippen LogP contribution in [-0.4, -0.2) is 38.2 Å². The third kappa shape index (κ3) is 4.18. The van der Waals surface area contributed by atoms with Gasteiger partial charge in [-0.2, -0.15) is 0 Å². The first-order chi connectivity index (χ1) is 14.7. The second-order valence-corrected chi connectivity index (χ2v) is 7.86. The van der Waals surface area contributed by atoms with Gasteiger partial charge in [-0.05, 0) is 36.7 Å². The van der Waals surface area contributed by atoms with Crippen molar-refractivity contribution in [1.29, 1.82) is 0 Å². The topological polar surface area (TPSA) is 15.7 Å². The molecule has 0 bridgehead atoms. The fourth-order valence-corrected chi connectivity index (χ4v) is 4.38. The third-order valence-corrected chi connectivity index (χ3v) is 6.15. The minimum atomic E-state index is 0.265. The van der Waals surface area contributed by atoms with Gasteiger partial charge in [0.05, 0.1) is 29.8 Å². The maximum atomic E-state index is 6.11. The van der Waals surface area contributed by atoms with Crippen LogP contribution in [0.5, 0.6) is 0 Å². The number of ether oxygens (including phenoxy) is 1. The van der Waals surface area contributed by atoms with Crippen molar-refractivity contribution in [3.05, 3.63) is 101 Å². The first kappa shape index (κ1) is 20.4. The molecule has 0 spiro atoms. The highest BCUT2D eigenvalue weighted by Gasteiger charge is 2.37. The Morgan fingerprint density at radius 3 is 2.47 bits per heavy atom. The molecule has 3 nitrogen and oxygen atoms in total. The minimum absolute atomic E-state index is 0.265. The van der Waals surface area contributed by atoms with E-state index in [4.69, 9.17) is 4.74 Å². The summed E-state index contributed by atoms with van der Waals surface area (Å²) in [7, 11) is 2.14. The predicted octanol–water partition coefficient (Wildman–Crippen LogP) is 5.33. The Kier molecular flexibility index (Phi) is 6.32. The summed E-state index contributed by atoms with van der Waals surface area (Å²) in [5.41, 5.74) is 6.41. The number of rotatable bonds is 8. The number of para-hydroxylation sites is 1. The molecule has 0 fully saturated rings. The largest absolute Gasteiger partial charge is 0.464 e. The first-order valence-electron chi connectivity index (χ1n) is 11.0. The molecule has 0 saturated heterocycles. The number of benzene rings is 2.